The number of nitrogens with zero attached hydrogens (tertiary/aromatic N) is 1. The lowest BCUT2D eigenvalue weighted by atomic mass is 10.2. The Labute approximate surface area is 119 Å². The van der Waals surface area contributed by atoms with Crippen LogP contribution in [-0.2, 0) is 13.1 Å². The van der Waals surface area contributed by atoms with E-state index in [2.05, 4.69) is 26.2 Å². The van der Waals surface area contributed by atoms with Crippen molar-refractivity contribution >= 4 is 15.9 Å². The van der Waals surface area contributed by atoms with Crippen molar-refractivity contribution in [3.63, 3.8) is 0 Å². The fourth-order valence-electron chi connectivity index (χ4n) is 1.75. The third-order valence-corrected chi connectivity index (χ3v) is 3.46. The molecule has 0 aliphatic rings. The Balaban J connectivity index is 1.98. The predicted octanol–water partition coefficient (Wildman–Crippen LogP) is 3.28. The second-order valence-corrected chi connectivity index (χ2v) is 4.87. The van der Waals surface area contributed by atoms with E-state index in [1.54, 1.807) is 19.4 Å². The molecule has 100 valence electrons. The Morgan fingerprint density at radius 1 is 1.26 bits per heavy atom. The molecule has 0 atom stereocenters. The van der Waals surface area contributed by atoms with Gasteiger partial charge in [-0.15, -0.1) is 0 Å². The first-order valence-electron chi connectivity index (χ1n) is 5.83. The van der Waals surface area contributed by atoms with Gasteiger partial charge in [0.2, 0.25) is 5.88 Å². The van der Waals surface area contributed by atoms with E-state index in [9.17, 15) is 4.39 Å². The van der Waals surface area contributed by atoms with Crippen LogP contribution in [0.3, 0.4) is 0 Å². The van der Waals surface area contributed by atoms with Crippen molar-refractivity contribution in [2.24, 2.45) is 0 Å². The third-order valence-electron chi connectivity index (χ3n) is 2.68. The molecule has 0 saturated heterocycles. The van der Waals surface area contributed by atoms with E-state index in [0.29, 0.717) is 19.0 Å². The van der Waals surface area contributed by atoms with Crippen LogP contribution in [0.25, 0.3) is 0 Å². The highest BCUT2D eigenvalue weighted by molar-refractivity contribution is 9.10. The minimum atomic E-state index is -0.237. The molecule has 0 fully saturated rings. The van der Waals surface area contributed by atoms with Crippen LogP contribution >= 0.6 is 15.9 Å². The maximum atomic E-state index is 13.1. The molecule has 3 nitrogen and oxygen atoms in total. The summed E-state index contributed by atoms with van der Waals surface area (Å²) >= 11 is 3.40. The Hall–Kier alpha value is -1.46. The average Bonchev–Trinajstić information content (AvgIpc) is 2.43. The summed E-state index contributed by atoms with van der Waals surface area (Å²) in [6, 6.07) is 8.45. The molecule has 0 saturated carbocycles. The number of pyridine rings is 1. The first-order chi connectivity index (χ1) is 9.20. The maximum absolute atomic E-state index is 13.1. The van der Waals surface area contributed by atoms with E-state index in [1.807, 2.05) is 12.1 Å². The lowest BCUT2D eigenvalue weighted by molar-refractivity contribution is 0.390. The van der Waals surface area contributed by atoms with Gasteiger partial charge in [-0.1, -0.05) is 22.0 Å². The average molecular weight is 325 g/mol. The minimum absolute atomic E-state index is 0.237. The van der Waals surface area contributed by atoms with Crippen LogP contribution < -0.4 is 10.1 Å². The van der Waals surface area contributed by atoms with Crippen LogP contribution in [0.2, 0.25) is 0 Å². The molecule has 5 heteroatoms. The van der Waals surface area contributed by atoms with Crippen molar-refractivity contribution in [3.8, 4) is 5.88 Å². The first-order valence-corrected chi connectivity index (χ1v) is 6.62. The number of aromatic nitrogens is 1. The van der Waals surface area contributed by atoms with Gasteiger partial charge in [-0.3, -0.25) is 0 Å². The van der Waals surface area contributed by atoms with Gasteiger partial charge < -0.3 is 10.1 Å². The van der Waals surface area contributed by atoms with E-state index < -0.39 is 0 Å². The van der Waals surface area contributed by atoms with Crippen molar-refractivity contribution in [2.45, 2.75) is 13.1 Å². The lowest BCUT2D eigenvalue weighted by Gasteiger charge is -2.09. The molecule has 0 radical (unpaired) electrons. The molecule has 1 heterocycles. The summed E-state index contributed by atoms with van der Waals surface area (Å²) in [5.74, 6) is 0.368. The SMILES string of the molecule is COc1ncccc1CNCc1cc(F)ccc1Br. The summed E-state index contributed by atoms with van der Waals surface area (Å²) in [7, 11) is 1.59. The molecular formula is C14H14BrFN2O. The van der Waals surface area contributed by atoms with E-state index in [0.717, 1.165) is 15.6 Å². The molecule has 0 bridgehead atoms. The summed E-state index contributed by atoms with van der Waals surface area (Å²) in [5, 5.41) is 3.24. The monoisotopic (exact) mass is 324 g/mol. The summed E-state index contributed by atoms with van der Waals surface area (Å²) in [4.78, 5) is 4.12. The molecule has 1 aromatic heterocycles. The Kier molecular flexibility index (Phi) is 4.87. The first kappa shape index (κ1) is 14.0. The molecule has 0 spiro atoms. The van der Waals surface area contributed by atoms with Gasteiger partial charge in [-0.25, -0.2) is 9.37 Å². The fraction of sp³-hybridized carbons (Fsp3) is 0.214. The maximum Gasteiger partial charge on any atom is 0.217 e. The molecule has 0 unspecified atom stereocenters. The summed E-state index contributed by atoms with van der Waals surface area (Å²) in [6.07, 6.45) is 1.69. The van der Waals surface area contributed by atoms with Gasteiger partial charge in [0.05, 0.1) is 7.11 Å². The highest BCUT2D eigenvalue weighted by atomic mass is 79.9. The molecule has 0 aliphatic carbocycles. The van der Waals surface area contributed by atoms with Crippen molar-refractivity contribution in [3.05, 3.63) is 57.9 Å². The number of ether oxygens (including phenoxy) is 1. The minimum Gasteiger partial charge on any atom is -0.481 e. The molecule has 2 aromatic rings. The largest absolute Gasteiger partial charge is 0.481 e. The second-order valence-electron chi connectivity index (χ2n) is 4.01. The molecule has 2 rings (SSSR count). The molecule has 1 N–H and O–H groups in total. The summed E-state index contributed by atoms with van der Waals surface area (Å²) in [6.45, 7) is 1.18. The van der Waals surface area contributed by atoms with Crippen molar-refractivity contribution in [2.75, 3.05) is 7.11 Å². The van der Waals surface area contributed by atoms with Crippen LogP contribution in [-0.4, -0.2) is 12.1 Å². The van der Waals surface area contributed by atoms with E-state index in [1.165, 1.54) is 12.1 Å². The van der Waals surface area contributed by atoms with E-state index in [-0.39, 0.29) is 5.82 Å². The molecule has 0 amide bonds. The standard InChI is InChI=1S/C14H14BrFN2O/c1-19-14-10(3-2-6-18-14)8-17-9-11-7-12(16)4-5-13(11)15/h2-7,17H,8-9H2,1H3. The Bertz CT molecular complexity index is 563. The second kappa shape index (κ2) is 6.63. The molecule has 0 aliphatic heterocycles. The number of hydrogen-bond donors (Lipinski definition) is 1. The van der Waals surface area contributed by atoms with Crippen molar-refractivity contribution in [1.29, 1.82) is 0 Å². The van der Waals surface area contributed by atoms with Gasteiger partial charge in [0.1, 0.15) is 5.82 Å². The quantitative estimate of drug-likeness (QED) is 0.916. The van der Waals surface area contributed by atoms with E-state index >= 15 is 0 Å². The number of rotatable bonds is 5. The van der Waals surface area contributed by atoms with Crippen LogP contribution in [0, 0.1) is 5.82 Å². The predicted molar refractivity (Wildman–Crippen MR) is 75.4 cm³/mol. The van der Waals surface area contributed by atoms with Gasteiger partial charge in [0, 0.05) is 29.3 Å². The van der Waals surface area contributed by atoms with Crippen LogP contribution in [0.5, 0.6) is 5.88 Å². The van der Waals surface area contributed by atoms with Crippen LogP contribution in [0.1, 0.15) is 11.1 Å². The molecule has 1 aromatic carbocycles. The zero-order valence-electron chi connectivity index (χ0n) is 10.5. The number of hydrogen-bond acceptors (Lipinski definition) is 3. The summed E-state index contributed by atoms with van der Waals surface area (Å²) in [5.41, 5.74) is 1.85. The normalized spacial score (nSPS) is 10.5. The Morgan fingerprint density at radius 3 is 2.84 bits per heavy atom. The number of nitrogens with one attached hydrogen (secondary N) is 1. The van der Waals surface area contributed by atoms with Gasteiger partial charge in [0.15, 0.2) is 0 Å². The topological polar surface area (TPSA) is 34.1 Å². The van der Waals surface area contributed by atoms with Gasteiger partial charge >= 0.3 is 0 Å². The van der Waals surface area contributed by atoms with Gasteiger partial charge in [-0.2, -0.15) is 0 Å². The third kappa shape index (κ3) is 3.75. The Morgan fingerprint density at radius 2 is 2.05 bits per heavy atom. The van der Waals surface area contributed by atoms with Gasteiger partial charge in [0.25, 0.3) is 0 Å². The zero-order valence-corrected chi connectivity index (χ0v) is 12.1. The zero-order chi connectivity index (χ0) is 13.7. The lowest BCUT2D eigenvalue weighted by Crippen LogP contribution is -2.14. The number of benzene rings is 1. The highest BCUT2D eigenvalue weighted by Gasteiger charge is 2.04. The fourth-order valence-corrected chi connectivity index (χ4v) is 2.14. The summed E-state index contributed by atoms with van der Waals surface area (Å²) < 4.78 is 19.2. The molecular weight excluding hydrogens is 311 g/mol. The number of halogens is 2. The smallest absolute Gasteiger partial charge is 0.217 e. The van der Waals surface area contributed by atoms with Crippen molar-refractivity contribution < 1.29 is 9.13 Å². The van der Waals surface area contributed by atoms with Crippen molar-refractivity contribution in [1.82, 2.24) is 10.3 Å². The van der Waals surface area contributed by atoms with Gasteiger partial charge in [-0.05, 0) is 29.8 Å². The van der Waals surface area contributed by atoms with Crippen LogP contribution in [0.15, 0.2) is 41.0 Å². The molecule has 19 heavy (non-hydrogen) atoms. The van der Waals surface area contributed by atoms with E-state index in [4.69, 9.17) is 4.74 Å². The highest BCUT2D eigenvalue weighted by Crippen LogP contribution is 2.18. The number of methoxy groups -OCH3 is 1. The van der Waals surface area contributed by atoms with Crippen LogP contribution in [0.4, 0.5) is 4.39 Å².